The van der Waals surface area contributed by atoms with E-state index in [9.17, 15) is 4.79 Å². The van der Waals surface area contributed by atoms with Gasteiger partial charge in [-0.2, -0.15) is 0 Å². The van der Waals surface area contributed by atoms with Crippen LogP contribution in [-0.4, -0.2) is 40.9 Å². The number of aromatic nitrogens is 3. The van der Waals surface area contributed by atoms with Gasteiger partial charge in [-0.15, -0.1) is 10.2 Å². The molecule has 0 radical (unpaired) electrons. The second-order valence-corrected chi connectivity index (χ2v) is 7.74. The first kappa shape index (κ1) is 21.5. The highest BCUT2D eigenvalue weighted by atomic mass is 32.2. The molecule has 0 aliphatic rings. The van der Waals surface area contributed by atoms with Crippen LogP contribution < -0.4 is 9.47 Å². The van der Waals surface area contributed by atoms with E-state index in [0.29, 0.717) is 27.9 Å². The first-order valence-corrected chi connectivity index (χ1v) is 10.9. The summed E-state index contributed by atoms with van der Waals surface area (Å²) in [4.78, 5) is 17.6. The Bertz CT molecular complexity index is 1220. The Hall–Kier alpha value is -3.71. The van der Waals surface area contributed by atoms with Crippen LogP contribution in [-0.2, 0) is 0 Å². The molecule has 0 unspecified atom stereocenters. The van der Waals surface area contributed by atoms with Crippen LogP contribution in [0.1, 0.15) is 10.4 Å². The maximum Gasteiger partial charge on any atom is 0.210 e. The zero-order valence-corrected chi connectivity index (χ0v) is 18.5. The van der Waals surface area contributed by atoms with E-state index in [1.54, 1.807) is 25.3 Å². The minimum Gasteiger partial charge on any atom is -0.497 e. The fourth-order valence-electron chi connectivity index (χ4n) is 3.20. The molecule has 0 aliphatic carbocycles. The number of benzene rings is 3. The smallest absolute Gasteiger partial charge is 0.210 e. The van der Waals surface area contributed by atoms with Crippen LogP contribution in [0.3, 0.4) is 0 Å². The molecule has 7 heteroatoms. The number of hydrogen-bond donors (Lipinski definition) is 0. The Morgan fingerprint density at radius 3 is 2.09 bits per heavy atom. The summed E-state index contributed by atoms with van der Waals surface area (Å²) >= 11 is 1.24. The Labute approximate surface area is 190 Å². The predicted octanol–water partition coefficient (Wildman–Crippen LogP) is 5.20. The average Bonchev–Trinajstić information content (AvgIpc) is 2.87. The molecule has 1 aromatic heterocycles. The van der Waals surface area contributed by atoms with Gasteiger partial charge in [0.05, 0.1) is 25.5 Å². The van der Waals surface area contributed by atoms with Crippen LogP contribution in [0.4, 0.5) is 0 Å². The highest BCUT2D eigenvalue weighted by molar-refractivity contribution is 7.99. The van der Waals surface area contributed by atoms with E-state index in [0.717, 1.165) is 16.8 Å². The predicted molar refractivity (Wildman–Crippen MR) is 125 cm³/mol. The van der Waals surface area contributed by atoms with Crippen molar-refractivity contribution in [1.82, 2.24) is 15.2 Å². The summed E-state index contributed by atoms with van der Waals surface area (Å²) in [5, 5.41) is 9.15. The second-order valence-electron chi connectivity index (χ2n) is 6.80. The molecule has 6 nitrogen and oxygen atoms in total. The molecule has 160 valence electrons. The quantitative estimate of drug-likeness (QED) is 0.274. The van der Waals surface area contributed by atoms with Gasteiger partial charge in [0.1, 0.15) is 22.9 Å². The number of carbonyl (C=O) groups is 1. The van der Waals surface area contributed by atoms with E-state index in [4.69, 9.17) is 14.5 Å². The number of rotatable bonds is 8. The molecule has 3 aromatic carbocycles. The van der Waals surface area contributed by atoms with E-state index < -0.39 is 0 Å². The molecule has 0 atom stereocenters. The lowest BCUT2D eigenvalue weighted by Crippen LogP contribution is -2.07. The third kappa shape index (κ3) is 4.78. The van der Waals surface area contributed by atoms with Gasteiger partial charge in [0.2, 0.25) is 5.16 Å². The zero-order valence-electron chi connectivity index (χ0n) is 17.7. The monoisotopic (exact) mass is 443 g/mol. The van der Waals surface area contributed by atoms with Gasteiger partial charge in [0, 0.05) is 11.1 Å². The van der Waals surface area contributed by atoms with E-state index in [2.05, 4.69) is 10.2 Å². The summed E-state index contributed by atoms with van der Waals surface area (Å²) in [5.41, 5.74) is 3.74. The topological polar surface area (TPSA) is 74.2 Å². The maximum absolute atomic E-state index is 12.9. The maximum atomic E-state index is 12.9. The number of nitrogens with zero attached hydrogens (tertiary/aromatic N) is 3. The van der Waals surface area contributed by atoms with Crippen LogP contribution >= 0.6 is 11.8 Å². The van der Waals surface area contributed by atoms with Crippen LogP contribution in [0, 0.1) is 0 Å². The van der Waals surface area contributed by atoms with Crippen molar-refractivity contribution in [3.05, 3.63) is 84.4 Å². The standard InChI is InChI=1S/C25H21N3O3S/c1-30-19-13-14-22(31-2)20(15-19)21(29)16-32-25-26-23(17-9-5-3-6-10-17)24(27-28-25)18-11-7-4-8-12-18/h3-15H,16H2,1-2H3. The van der Waals surface area contributed by atoms with Crippen LogP contribution in [0.2, 0.25) is 0 Å². The van der Waals surface area contributed by atoms with Crippen molar-refractivity contribution in [1.29, 1.82) is 0 Å². The number of ether oxygens (including phenoxy) is 2. The Morgan fingerprint density at radius 2 is 1.47 bits per heavy atom. The van der Waals surface area contributed by atoms with Gasteiger partial charge in [-0.3, -0.25) is 4.79 Å². The molecule has 0 aliphatic heterocycles. The van der Waals surface area contributed by atoms with Crippen LogP contribution in [0.15, 0.2) is 84.0 Å². The zero-order chi connectivity index (χ0) is 22.3. The van der Waals surface area contributed by atoms with Crippen molar-refractivity contribution >= 4 is 17.5 Å². The Kier molecular flexibility index (Phi) is 6.77. The largest absolute Gasteiger partial charge is 0.497 e. The number of hydrogen-bond acceptors (Lipinski definition) is 7. The van der Waals surface area contributed by atoms with Gasteiger partial charge in [-0.05, 0) is 18.2 Å². The van der Waals surface area contributed by atoms with Gasteiger partial charge in [-0.25, -0.2) is 4.98 Å². The number of carbonyl (C=O) groups excluding carboxylic acids is 1. The third-order valence-electron chi connectivity index (χ3n) is 4.80. The minimum atomic E-state index is -0.109. The molecule has 0 saturated carbocycles. The summed E-state index contributed by atoms with van der Waals surface area (Å²) in [7, 11) is 3.09. The van der Waals surface area contributed by atoms with Gasteiger partial charge in [0.25, 0.3) is 0 Å². The van der Waals surface area contributed by atoms with Crippen LogP contribution in [0.25, 0.3) is 22.5 Å². The number of thioether (sulfide) groups is 1. The lowest BCUT2D eigenvalue weighted by atomic mass is 10.0. The average molecular weight is 444 g/mol. The fourth-order valence-corrected chi connectivity index (χ4v) is 3.87. The molecule has 0 spiro atoms. The first-order chi connectivity index (χ1) is 15.7. The van der Waals surface area contributed by atoms with Gasteiger partial charge in [0.15, 0.2) is 5.78 Å². The van der Waals surface area contributed by atoms with Crippen molar-refractivity contribution in [3.8, 4) is 34.0 Å². The molecule has 1 heterocycles. The summed E-state index contributed by atoms with van der Waals surface area (Å²) in [6.45, 7) is 0. The van der Waals surface area contributed by atoms with Crippen LogP contribution in [0.5, 0.6) is 11.5 Å². The summed E-state index contributed by atoms with van der Waals surface area (Å²) in [5.74, 6) is 1.13. The van der Waals surface area contributed by atoms with E-state index in [-0.39, 0.29) is 11.5 Å². The summed E-state index contributed by atoms with van der Waals surface area (Å²) in [6, 6.07) is 24.8. The molecule has 0 N–H and O–H groups in total. The third-order valence-corrected chi connectivity index (χ3v) is 5.64. The lowest BCUT2D eigenvalue weighted by Gasteiger charge is -2.10. The molecule has 4 rings (SSSR count). The minimum absolute atomic E-state index is 0.109. The number of Topliss-reactive ketones (excluding diaryl/α,β-unsaturated/α-hetero) is 1. The molecule has 0 saturated heterocycles. The van der Waals surface area contributed by atoms with Gasteiger partial charge < -0.3 is 9.47 Å². The Morgan fingerprint density at radius 1 is 0.812 bits per heavy atom. The summed E-state index contributed by atoms with van der Waals surface area (Å²) in [6.07, 6.45) is 0. The number of methoxy groups -OCH3 is 2. The second kappa shape index (κ2) is 10.1. The molecule has 0 bridgehead atoms. The first-order valence-electron chi connectivity index (χ1n) is 9.93. The van der Waals surface area contributed by atoms with E-state index in [1.165, 1.54) is 18.9 Å². The molecular weight excluding hydrogens is 422 g/mol. The van der Waals surface area contributed by atoms with Crippen molar-refractivity contribution in [2.45, 2.75) is 5.16 Å². The van der Waals surface area contributed by atoms with Crippen molar-refractivity contribution in [2.75, 3.05) is 20.0 Å². The lowest BCUT2D eigenvalue weighted by molar-refractivity contribution is 0.101. The Balaban J connectivity index is 1.62. The molecule has 32 heavy (non-hydrogen) atoms. The van der Waals surface area contributed by atoms with Crippen molar-refractivity contribution in [3.63, 3.8) is 0 Å². The van der Waals surface area contributed by atoms with E-state index in [1.807, 2.05) is 60.7 Å². The highest BCUT2D eigenvalue weighted by Crippen LogP contribution is 2.30. The fraction of sp³-hybridized carbons (Fsp3) is 0.120. The molecule has 0 fully saturated rings. The molecule has 4 aromatic rings. The molecular formula is C25H21N3O3S. The van der Waals surface area contributed by atoms with Gasteiger partial charge in [-0.1, -0.05) is 72.4 Å². The summed E-state index contributed by atoms with van der Waals surface area (Å²) < 4.78 is 10.6. The number of ketones is 1. The molecule has 0 amide bonds. The highest BCUT2D eigenvalue weighted by Gasteiger charge is 2.17. The normalized spacial score (nSPS) is 10.6. The van der Waals surface area contributed by atoms with Gasteiger partial charge >= 0.3 is 0 Å². The SMILES string of the molecule is COc1ccc(OC)c(C(=O)CSc2nnc(-c3ccccc3)c(-c3ccccc3)n2)c1. The van der Waals surface area contributed by atoms with E-state index >= 15 is 0 Å². The van der Waals surface area contributed by atoms with Crippen molar-refractivity contribution < 1.29 is 14.3 Å². The van der Waals surface area contributed by atoms with Crippen molar-refractivity contribution in [2.24, 2.45) is 0 Å².